The summed E-state index contributed by atoms with van der Waals surface area (Å²) in [5.74, 6) is 1.17. The largest absolute Gasteiger partial charge is 0.350 e. The van der Waals surface area contributed by atoms with Crippen molar-refractivity contribution < 1.29 is 4.79 Å². The van der Waals surface area contributed by atoms with Crippen LogP contribution in [0.4, 0.5) is 0 Å². The van der Waals surface area contributed by atoms with E-state index in [1.807, 2.05) is 28.8 Å². The van der Waals surface area contributed by atoms with E-state index >= 15 is 0 Å². The molecule has 0 saturated carbocycles. The van der Waals surface area contributed by atoms with Gasteiger partial charge in [-0.15, -0.1) is 10.2 Å². The van der Waals surface area contributed by atoms with Crippen molar-refractivity contribution in [2.24, 2.45) is 5.92 Å². The Bertz CT molecular complexity index is 978. The van der Waals surface area contributed by atoms with Crippen LogP contribution in [0.5, 0.6) is 0 Å². The SMILES string of the molecule is CC(C)Cn1c(SCC(=O)NCc2ccccn2)nnc1-c1ccc(Cl)cc1Cl. The highest BCUT2D eigenvalue weighted by Crippen LogP contribution is 2.31. The number of nitrogens with zero attached hydrogens (tertiary/aromatic N) is 4. The number of aromatic nitrogens is 4. The van der Waals surface area contributed by atoms with E-state index in [0.717, 1.165) is 11.3 Å². The van der Waals surface area contributed by atoms with Gasteiger partial charge in [0, 0.05) is 23.3 Å². The minimum atomic E-state index is -0.0918. The summed E-state index contributed by atoms with van der Waals surface area (Å²) in [6.07, 6.45) is 1.70. The summed E-state index contributed by atoms with van der Waals surface area (Å²) in [4.78, 5) is 16.4. The second-order valence-electron chi connectivity index (χ2n) is 6.82. The molecule has 6 nitrogen and oxygen atoms in total. The van der Waals surface area contributed by atoms with E-state index in [-0.39, 0.29) is 11.7 Å². The molecule has 0 aliphatic heterocycles. The Morgan fingerprint density at radius 2 is 2.03 bits per heavy atom. The number of nitrogens with one attached hydrogen (secondary N) is 1. The third-order valence-electron chi connectivity index (χ3n) is 3.96. The first-order valence-corrected chi connectivity index (χ1v) is 10.9. The van der Waals surface area contributed by atoms with E-state index in [0.29, 0.717) is 40.0 Å². The first-order valence-electron chi connectivity index (χ1n) is 9.12. The van der Waals surface area contributed by atoms with E-state index in [1.54, 1.807) is 18.3 Å². The maximum Gasteiger partial charge on any atom is 0.230 e. The molecule has 29 heavy (non-hydrogen) atoms. The third kappa shape index (κ3) is 5.95. The van der Waals surface area contributed by atoms with Crippen molar-refractivity contribution in [3.05, 3.63) is 58.3 Å². The van der Waals surface area contributed by atoms with Crippen LogP contribution in [-0.2, 0) is 17.9 Å². The molecule has 3 rings (SSSR count). The van der Waals surface area contributed by atoms with Crippen LogP contribution in [0, 0.1) is 5.92 Å². The van der Waals surface area contributed by atoms with Crippen molar-refractivity contribution in [1.82, 2.24) is 25.1 Å². The molecule has 0 aliphatic rings. The van der Waals surface area contributed by atoms with Crippen LogP contribution in [0.25, 0.3) is 11.4 Å². The highest BCUT2D eigenvalue weighted by atomic mass is 35.5. The lowest BCUT2D eigenvalue weighted by Gasteiger charge is -2.13. The van der Waals surface area contributed by atoms with Crippen molar-refractivity contribution in [3.63, 3.8) is 0 Å². The van der Waals surface area contributed by atoms with Gasteiger partial charge in [-0.25, -0.2) is 0 Å². The topological polar surface area (TPSA) is 72.7 Å². The number of halogens is 2. The molecular weight excluding hydrogens is 429 g/mol. The minimum absolute atomic E-state index is 0.0918. The molecule has 0 saturated heterocycles. The van der Waals surface area contributed by atoms with Crippen LogP contribution >= 0.6 is 35.0 Å². The Hall–Kier alpha value is -2.09. The fourth-order valence-electron chi connectivity index (χ4n) is 2.67. The van der Waals surface area contributed by atoms with Crippen LogP contribution in [0.3, 0.4) is 0 Å². The predicted octanol–water partition coefficient (Wildman–Crippen LogP) is 4.71. The number of pyridine rings is 1. The molecule has 0 fully saturated rings. The Balaban J connectivity index is 1.71. The Morgan fingerprint density at radius 1 is 1.21 bits per heavy atom. The Labute approximate surface area is 184 Å². The number of carbonyl (C=O) groups excluding carboxylic acids is 1. The van der Waals surface area contributed by atoms with Crippen LogP contribution in [0.2, 0.25) is 10.0 Å². The molecule has 1 amide bonds. The summed E-state index contributed by atoms with van der Waals surface area (Å²) >= 11 is 13.7. The number of benzene rings is 1. The number of thioether (sulfide) groups is 1. The first kappa shape index (κ1) is 21.6. The standard InChI is InChI=1S/C20H21Cl2N5OS/c1-13(2)11-27-19(16-7-6-14(21)9-17(16)22)25-26-20(27)29-12-18(28)24-10-15-5-3-4-8-23-15/h3-9,13H,10-12H2,1-2H3,(H,24,28). The van der Waals surface area contributed by atoms with E-state index in [2.05, 4.69) is 34.3 Å². The lowest BCUT2D eigenvalue weighted by Crippen LogP contribution is -2.25. The van der Waals surface area contributed by atoms with Crippen molar-refractivity contribution in [1.29, 1.82) is 0 Å². The zero-order valence-electron chi connectivity index (χ0n) is 16.1. The molecule has 0 radical (unpaired) electrons. The summed E-state index contributed by atoms with van der Waals surface area (Å²) in [6.45, 7) is 5.33. The number of hydrogen-bond donors (Lipinski definition) is 1. The van der Waals surface area contributed by atoms with Crippen LogP contribution in [0.1, 0.15) is 19.5 Å². The quantitative estimate of drug-likeness (QED) is 0.503. The van der Waals surface area contributed by atoms with Gasteiger partial charge in [0.2, 0.25) is 5.91 Å². The zero-order chi connectivity index (χ0) is 20.8. The smallest absolute Gasteiger partial charge is 0.230 e. The van der Waals surface area contributed by atoms with Gasteiger partial charge >= 0.3 is 0 Å². The van der Waals surface area contributed by atoms with E-state index in [9.17, 15) is 4.79 Å². The molecule has 1 aromatic carbocycles. The minimum Gasteiger partial charge on any atom is -0.350 e. The molecular formula is C20H21Cl2N5OS. The van der Waals surface area contributed by atoms with Crippen molar-refractivity contribution >= 4 is 40.9 Å². The number of hydrogen-bond acceptors (Lipinski definition) is 5. The molecule has 2 aromatic heterocycles. The monoisotopic (exact) mass is 449 g/mol. The number of amides is 1. The summed E-state index contributed by atoms with van der Waals surface area (Å²) < 4.78 is 2.00. The van der Waals surface area contributed by atoms with Crippen LogP contribution in [-0.4, -0.2) is 31.4 Å². The van der Waals surface area contributed by atoms with Crippen molar-refractivity contribution in [2.75, 3.05) is 5.75 Å². The summed E-state index contributed by atoms with van der Waals surface area (Å²) in [5, 5.41) is 13.2. The summed E-state index contributed by atoms with van der Waals surface area (Å²) in [5.41, 5.74) is 1.57. The molecule has 0 bridgehead atoms. The summed E-state index contributed by atoms with van der Waals surface area (Å²) in [7, 11) is 0. The second-order valence-corrected chi connectivity index (χ2v) is 8.61. The number of rotatable bonds is 8. The fourth-order valence-corrected chi connectivity index (χ4v) is 3.94. The summed E-state index contributed by atoms with van der Waals surface area (Å²) in [6, 6.07) is 10.9. The van der Waals surface area contributed by atoms with Gasteiger partial charge in [-0.2, -0.15) is 0 Å². The maximum absolute atomic E-state index is 12.2. The Kier molecular flexibility index (Phi) is 7.52. The second kappa shape index (κ2) is 10.1. The Morgan fingerprint density at radius 3 is 2.72 bits per heavy atom. The van der Waals surface area contributed by atoms with Gasteiger partial charge in [-0.05, 0) is 36.2 Å². The molecule has 9 heteroatoms. The molecule has 0 aliphatic carbocycles. The van der Waals surface area contributed by atoms with Gasteiger partial charge in [-0.3, -0.25) is 9.78 Å². The first-order chi connectivity index (χ1) is 13.9. The van der Waals surface area contributed by atoms with Gasteiger partial charge < -0.3 is 9.88 Å². The molecule has 1 N–H and O–H groups in total. The van der Waals surface area contributed by atoms with Crippen LogP contribution in [0.15, 0.2) is 47.8 Å². The lowest BCUT2D eigenvalue weighted by atomic mass is 10.2. The highest BCUT2D eigenvalue weighted by Gasteiger charge is 2.18. The van der Waals surface area contributed by atoms with Crippen molar-refractivity contribution in [3.8, 4) is 11.4 Å². The normalized spacial score (nSPS) is 11.1. The average molecular weight is 450 g/mol. The van der Waals surface area contributed by atoms with Gasteiger partial charge in [-0.1, -0.05) is 54.9 Å². The van der Waals surface area contributed by atoms with E-state index in [4.69, 9.17) is 23.2 Å². The van der Waals surface area contributed by atoms with Gasteiger partial charge in [0.25, 0.3) is 0 Å². The van der Waals surface area contributed by atoms with E-state index in [1.165, 1.54) is 11.8 Å². The van der Waals surface area contributed by atoms with Gasteiger partial charge in [0.05, 0.1) is 23.0 Å². The highest BCUT2D eigenvalue weighted by molar-refractivity contribution is 7.99. The molecule has 0 spiro atoms. The van der Waals surface area contributed by atoms with Gasteiger partial charge in [0.15, 0.2) is 11.0 Å². The molecule has 2 heterocycles. The average Bonchev–Trinajstić information content (AvgIpc) is 3.07. The van der Waals surface area contributed by atoms with Crippen LogP contribution < -0.4 is 5.32 Å². The fraction of sp³-hybridized carbons (Fsp3) is 0.300. The molecule has 152 valence electrons. The maximum atomic E-state index is 12.2. The molecule has 0 atom stereocenters. The lowest BCUT2D eigenvalue weighted by molar-refractivity contribution is -0.118. The molecule has 3 aromatic rings. The molecule has 0 unspecified atom stereocenters. The number of carbonyl (C=O) groups is 1. The van der Waals surface area contributed by atoms with Crippen molar-refractivity contribution in [2.45, 2.75) is 32.1 Å². The third-order valence-corrected chi connectivity index (χ3v) is 5.48. The van der Waals surface area contributed by atoms with Gasteiger partial charge in [0.1, 0.15) is 0 Å². The zero-order valence-corrected chi connectivity index (χ0v) is 18.4. The predicted molar refractivity (Wildman–Crippen MR) is 117 cm³/mol. The van der Waals surface area contributed by atoms with E-state index < -0.39 is 0 Å².